The first-order valence-corrected chi connectivity index (χ1v) is 8.16. The van der Waals surface area contributed by atoms with Crippen LogP contribution in [0.2, 0.25) is 0 Å². The van der Waals surface area contributed by atoms with Crippen molar-refractivity contribution in [3.63, 3.8) is 0 Å². The zero-order chi connectivity index (χ0) is 17.8. The highest BCUT2D eigenvalue weighted by atomic mass is 19.1. The normalized spacial score (nSPS) is 10.5. The summed E-state index contributed by atoms with van der Waals surface area (Å²) >= 11 is 0. The van der Waals surface area contributed by atoms with Crippen LogP contribution in [0.3, 0.4) is 0 Å². The Morgan fingerprint density at radius 1 is 0.808 bits per heavy atom. The molecular formula is C21H15FN4. The van der Waals surface area contributed by atoms with Gasteiger partial charge in [0.05, 0.1) is 5.69 Å². The van der Waals surface area contributed by atoms with Gasteiger partial charge in [0.15, 0.2) is 5.82 Å². The molecule has 2 aromatic carbocycles. The van der Waals surface area contributed by atoms with Crippen molar-refractivity contribution < 1.29 is 4.39 Å². The van der Waals surface area contributed by atoms with E-state index in [-0.39, 0.29) is 5.82 Å². The van der Waals surface area contributed by atoms with Crippen LogP contribution in [0.1, 0.15) is 0 Å². The van der Waals surface area contributed by atoms with Gasteiger partial charge in [0, 0.05) is 35.3 Å². The van der Waals surface area contributed by atoms with Crippen LogP contribution in [0.15, 0.2) is 85.2 Å². The maximum absolute atomic E-state index is 14.3. The Balaban J connectivity index is 1.83. The predicted molar refractivity (Wildman–Crippen MR) is 100 cm³/mol. The van der Waals surface area contributed by atoms with Crippen molar-refractivity contribution in [1.82, 2.24) is 15.0 Å². The van der Waals surface area contributed by atoms with E-state index in [9.17, 15) is 4.39 Å². The number of halogens is 1. The highest BCUT2D eigenvalue weighted by Gasteiger charge is 2.12. The summed E-state index contributed by atoms with van der Waals surface area (Å²) in [6, 6.07) is 21.7. The first-order valence-electron chi connectivity index (χ1n) is 8.16. The fourth-order valence-corrected chi connectivity index (χ4v) is 2.61. The van der Waals surface area contributed by atoms with E-state index >= 15 is 0 Å². The number of aromatic nitrogens is 3. The number of nitrogens with zero attached hydrogens (tertiary/aromatic N) is 3. The second kappa shape index (κ2) is 7.11. The lowest BCUT2D eigenvalue weighted by Crippen LogP contribution is -2.00. The molecule has 0 unspecified atom stereocenters. The Bertz CT molecular complexity index is 1020. The molecule has 26 heavy (non-hydrogen) atoms. The van der Waals surface area contributed by atoms with Crippen LogP contribution in [0.25, 0.3) is 22.6 Å². The van der Waals surface area contributed by atoms with Crippen molar-refractivity contribution in [2.75, 3.05) is 5.32 Å². The smallest absolute Gasteiger partial charge is 0.163 e. The number of hydrogen-bond acceptors (Lipinski definition) is 4. The van der Waals surface area contributed by atoms with Gasteiger partial charge in [-0.25, -0.2) is 14.4 Å². The van der Waals surface area contributed by atoms with Gasteiger partial charge in [-0.05, 0) is 36.4 Å². The number of para-hydroxylation sites is 1. The van der Waals surface area contributed by atoms with Gasteiger partial charge >= 0.3 is 0 Å². The van der Waals surface area contributed by atoms with E-state index in [0.717, 1.165) is 11.3 Å². The molecule has 1 N–H and O–H groups in total. The summed E-state index contributed by atoms with van der Waals surface area (Å²) < 4.78 is 14.3. The summed E-state index contributed by atoms with van der Waals surface area (Å²) in [5.41, 5.74) is 2.59. The highest BCUT2D eigenvalue weighted by Crippen LogP contribution is 2.27. The first-order chi connectivity index (χ1) is 12.8. The number of nitrogens with one attached hydrogen (secondary N) is 1. The molecule has 2 heterocycles. The zero-order valence-electron chi connectivity index (χ0n) is 13.8. The van der Waals surface area contributed by atoms with Gasteiger partial charge in [-0.15, -0.1) is 0 Å². The molecule has 4 nitrogen and oxygen atoms in total. The molecule has 0 aliphatic heterocycles. The molecule has 2 aromatic heterocycles. The monoisotopic (exact) mass is 342 g/mol. The lowest BCUT2D eigenvalue weighted by molar-refractivity contribution is 0.630. The highest BCUT2D eigenvalue weighted by molar-refractivity contribution is 5.69. The topological polar surface area (TPSA) is 50.7 Å². The van der Waals surface area contributed by atoms with Crippen LogP contribution in [-0.4, -0.2) is 15.0 Å². The Morgan fingerprint density at radius 3 is 2.38 bits per heavy atom. The van der Waals surface area contributed by atoms with E-state index in [2.05, 4.69) is 20.3 Å². The van der Waals surface area contributed by atoms with Gasteiger partial charge in [-0.3, -0.25) is 4.98 Å². The molecule has 4 rings (SSSR count). The Kier molecular flexibility index (Phi) is 4.35. The van der Waals surface area contributed by atoms with E-state index in [1.165, 1.54) is 6.07 Å². The molecule has 0 spiro atoms. The summed E-state index contributed by atoms with van der Waals surface area (Å²) in [6.45, 7) is 0. The largest absolute Gasteiger partial charge is 0.340 e. The summed E-state index contributed by atoms with van der Waals surface area (Å²) in [5, 5.41) is 3.25. The minimum absolute atomic E-state index is 0.325. The average molecular weight is 342 g/mol. The minimum atomic E-state index is -0.325. The average Bonchev–Trinajstić information content (AvgIpc) is 2.69. The molecule has 5 heteroatoms. The van der Waals surface area contributed by atoms with Gasteiger partial charge in [-0.1, -0.05) is 30.3 Å². The second-order valence-electron chi connectivity index (χ2n) is 5.67. The molecule has 0 atom stereocenters. The molecule has 0 aliphatic rings. The van der Waals surface area contributed by atoms with Crippen LogP contribution in [-0.2, 0) is 0 Å². The standard InChI is InChI=1S/C21H15FN4/c22-18-11-5-4-10-17(18)19-13-20(24-16-8-2-1-3-9-16)26-21(25-19)15-7-6-12-23-14-15/h1-14H,(H,24,25,26). The fourth-order valence-electron chi connectivity index (χ4n) is 2.61. The zero-order valence-corrected chi connectivity index (χ0v) is 13.8. The lowest BCUT2D eigenvalue weighted by Gasteiger charge is -2.11. The number of hydrogen-bond donors (Lipinski definition) is 1. The third kappa shape index (κ3) is 3.42. The first kappa shape index (κ1) is 15.9. The van der Waals surface area contributed by atoms with E-state index < -0.39 is 0 Å². The molecule has 126 valence electrons. The minimum Gasteiger partial charge on any atom is -0.340 e. The van der Waals surface area contributed by atoms with Crippen LogP contribution in [0.4, 0.5) is 15.9 Å². The van der Waals surface area contributed by atoms with Crippen molar-refractivity contribution in [1.29, 1.82) is 0 Å². The van der Waals surface area contributed by atoms with Gasteiger partial charge < -0.3 is 5.32 Å². The van der Waals surface area contributed by atoms with E-state index in [4.69, 9.17) is 0 Å². The molecule has 4 aromatic rings. The van der Waals surface area contributed by atoms with Crippen LogP contribution in [0.5, 0.6) is 0 Å². The molecule has 0 saturated carbocycles. The molecular weight excluding hydrogens is 327 g/mol. The van der Waals surface area contributed by atoms with Crippen molar-refractivity contribution in [3.05, 3.63) is 91.0 Å². The maximum atomic E-state index is 14.3. The van der Waals surface area contributed by atoms with Crippen molar-refractivity contribution in [2.24, 2.45) is 0 Å². The number of anilines is 2. The van der Waals surface area contributed by atoms with E-state index in [1.54, 1.807) is 36.7 Å². The molecule has 0 fully saturated rings. The summed E-state index contributed by atoms with van der Waals surface area (Å²) in [7, 11) is 0. The third-order valence-corrected chi connectivity index (χ3v) is 3.84. The molecule has 0 saturated heterocycles. The summed E-state index contributed by atoms with van der Waals surface area (Å²) in [6.07, 6.45) is 3.38. The Hall–Kier alpha value is -3.60. The quantitative estimate of drug-likeness (QED) is 0.561. The predicted octanol–water partition coefficient (Wildman–Crippen LogP) is 5.09. The van der Waals surface area contributed by atoms with Gasteiger partial charge in [0.2, 0.25) is 0 Å². The fraction of sp³-hybridized carbons (Fsp3) is 0. The summed E-state index contributed by atoms with van der Waals surface area (Å²) in [5.74, 6) is 0.745. The number of benzene rings is 2. The third-order valence-electron chi connectivity index (χ3n) is 3.84. The molecule has 0 aliphatic carbocycles. The van der Waals surface area contributed by atoms with Crippen LogP contribution in [0, 0.1) is 5.82 Å². The lowest BCUT2D eigenvalue weighted by atomic mass is 10.1. The van der Waals surface area contributed by atoms with Gasteiger partial charge in [0.1, 0.15) is 11.6 Å². The molecule has 0 radical (unpaired) electrons. The van der Waals surface area contributed by atoms with Crippen molar-refractivity contribution in [3.8, 4) is 22.6 Å². The van der Waals surface area contributed by atoms with Crippen LogP contribution >= 0.6 is 0 Å². The molecule has 0 bridgehead atoms. The Morgan fingerprint density at radius 2 is 1.62 bits per heavy atom. The Labute approximate surface area is 150 Å². The SMILES string of the molecule is Fc1ccccc1-c1cc(Nc2ccccc2)nc(-c2cccnc2)n1. The van der Waals surface area contributed by atoms with Gasteiger partial charge in [0.25, 0.3) is 0 Å². The number of rotatable bonds is 4. The van der Waals surface area contributed by atoms with E-state index in [1.807, 2.05) is 42.5 Å². The van der Waals surface area contributed by atoms with Crippen molar-refractivity contribution in [2.45, 2.75) is 0 Å². The molecule has 0 amide bonds. The second-order valence-corrected chi connectivity index (χ2v) is 5.67. The van der Waals surface area contributed by atoms with Crippen molar-refractivity contribution >= 4 is 11.5 Å². The van der Waals surface area contributed by atoms with E-state index in [0.29, 0.717) is 22.9 Å². The maximum Gasteiger partial charge on any atom is 0.163 e. The number of pyridine rings is 1. The van der Waals surface area contributed by atoms with Crippen LogP contribution < -0.4 is 5.32 Å². The van der Waals surface area contributed by atoms with Gasteiger partial charge in [-0.2, -0.15) is 0 Å². The summed E-state index contributed by atoms with van der Waals surface area (Å²) in [4.78, 5) is 13.2.